The van der Waals surface area contributed by atoms with Crippen LogP contribution < -0.4 is 10.5 Å². The number of nitro benzene ring substituents is 1. The molecule has 3 rings (SSSR count). The first-order valence-electron chi connectivity index (χ1n) is 7.86. The van der Waals surface area contributed by atoms with Crippen molar-refractivity contribution >= 4 is 26.5 Å². The molecule has 0 heterocycles. The number of hydrogen-bond acceptors (Lipinski definition) is 5. The number of rotatable bonds is 6. The highest BCUT2D eigenvalue weighted by Crippen LogP contribution is 2.22. The van der Waals surface area contributed by atoms with Gasteiger partial charge in [-0.25, -0.2) is 13.1 Å². The quantitative estimate of drug-likeness (QED) is 0.510. The molecule has 1 atom stereocenters. The van der Waals surface area contributed by atoms with Crippen LogP contribution in [0.5, 0.6) is 0 Å². The van der Waals surface area contributed by atoms with E-state index in [0.717, 1.165) is 28.5 Å². The molecule has 0 radical (unpaired) electrons. The van der Waals surface area contributed by atoms with E-state index in [9.17, 15) is 18.5 Å². The lowest BCUT2D eigenvalue weighted by Crippen LogP contribution is -2.33. The van der Waals surface area contributed by atoms with Crippen molar-refractivity contribution in [1.29, 1.82) is 0 Å². The molecule has 0 bridgehead atoms. The minimum atomic E-state index is -3.87. The van der Waals surface area contributed by atoms with E-state index in [-0.39, 0.29) is 17.1 Å². The first kappa shape index (κ1) is 18.0. The molecule has 0 saturated heterocycles. The molecule has 0 aliphatic rings. The van der Waals surface area contributed by atoms with E-state index in [2.05, 4.69) is 4.72 Å². The molecule has 0 aliphatic carbocycles. The summed E-state index contributed by atoms with van der Waals surface area (Å²) in [6, 6.07) is 17.5. The maximum atomic E-state index is 12.6. The second-order valence-corrected chi connectivity index (χ2v) is 7.48. The zero-order valence-corrected chi connectivity index (χ0v) is 14.5. The van der Waals surface area contributed by atoms with E-state index in [4.69, 9.17) is 5.73 Å². The van der Waals surface area contributed by atoms with E-state index in [0.29, 0.717) is 0 Å². The van der Waals surface area contributed by atoms with Crippen LogP contribution in [0.2, 0.25) is 0 Å². The van der Waals surface area contributed by atoms with Crippen LogP contribution >= 0.6 is 0 Å². The number of nitrogens with zero attached hydrogens (tertiary/aromatic N) is 1. The highest BCUT2D eigenvalue weighted by molar-refractivity contribution is 7.89. The summed E-state index contributed by atoms with van der Waals surface area (Å²) in [6.45, 7) is 0.0740. The van der Waals surface area contributed by atoms with Gasteiger partial charge in [0.15, 0.2) is 0 Å². The lowest BCUT2D eigenvalue weighted by Gasteiger charge is -2.18. The van der Waals surface area contributed by atoms with Gasteiger partial charge in [0.2, 0.25) is 10.0 Å². The van der Waals surface area contributed by atoms with Gasteiger partial charge in [0, 0.05) is 18.7 Å². The average Bonchev–Trinajstić information content (AvgIpc) is 2.65. The number of nitro groups is 1. The number of nitrogens with two attached hydrogens (primary N) is 1. The minimum absolute atomic E-state index is 0.0534. The second-order valence-electron chi connectivity index (χ2n) is 5.77. The Bertz CT molecular complexity index is 1050. The van der Waals surface area contributed by atoms with E-state index >= 15 is 0 Å². The fraction of sp³-hybridized carbons (Fsp3) is 0.111. The lowest BCUT2D eigenvalue weighted by atomic mass is 10.0. The number of non-ortho nitro benzene ring substituents is 1. The Morgan fingerprint density at radius 3 is 2.27 bits per heavy atom. The summed E-state index contributed by atoms with van der Waals surface area (Å²) in [5.41, 5.74) is 6.36. The zero-order chi connectivity index (χ0) is 18.7. The molecule has 3 N–H and O–H groups in total. The van der Waals surface area contributed by atoms with Crippen LogP contribution in [0.25, 0.3) is 10.8 Å². The normalized spacial score (nSPS) is 12.8. The SMILES string of the molecule is NC[C@@H](NS(=O)(=O)c1ccc([N+](=O)[O-])cc1)c1ccc2ccccc2c1. The highest BCUT2D eigenvalue weighted by Gasteiger charge is 2.21. The number of sulfonamides is 1. The van der Waals surface area contributed by atoms with Crippen LogP contribution in [0.3, 0.4) is 0 Å². The van der Waals surface area contributed by atoms with Crippen LogP contribution in [-0.4, -0.2) is 19.9 Å². The van der Waals surface area contributed by atoms with Crippen molar-refractivity contribution in [3.63, 3.8) is 0 Å². The Labute approximate surface area is 150 Å². The fourth-order valence-electron chi connectivity index (χ4n) is 2.68. The van der Waals surface area contributed by atoms with Crippen LogP contribution in [0, 0.1) is 10.1 Å². The van der Waals surface area contributed by atoms with E-state index in [1.165, 1.54) is 12.1 Å². The van der Waals surface area contributed by atoms with Gasteiger partial charge < -0.3 is 5.73 Å². The zero-order valence-electron chi connectivity index (χ0n) is 13.7. The van der Waals surface area contributed by atoms with Gasteiger partial charge in [-0.3, -0.25) is 10.1 Å². The maximum absolute atomic E-state index is 12.6. The van der Waals surface area contributed by atoms with Gasteiger partial charge in [-0.2, -0.15) is 0 Å². The van der Waals surface area contributed by atoms with Crippen molar-refractivity contribution in [1.82, 2.24) is 4.72 Å². The van der Waals surface area contributed by atoms with Gasteiger partial charge in [0.1, 0.15) is 0 Å². The van der Waals surface area contributed by atoms with Gasteiger partial charge in [-0.05, 0) is 34.5 Å². The first-order valence-corrected chi connectivity index (χ1v) is 9.34. The third-order valence-corrected chi connectivity index (χ3v) is 5.55. The standard InChI is InChI=1S/C18H17N3O4S/c19-12-18(15-6-5-13-3-1-2-4-14(13)11-15)20-26(24,25)17-9-7-16(8-10-17)21(22)23/h1-11,18,20H,12,19H2/t18-/m1/s1. The van der Waals surface area contributed by atoms with Crippen molar-refractivity contribution < 1.29 is 13.3 Å². The topological polar surface area (TPSA) is 115 Å². The highest BCUT2D eigenvalue weighted by atomic mass is 32.2. The molecule has 26 heavy (non-hydrogen) atoms. The Hall–Kier alpha value is -2.81. The smallest absolute Gasteiger partial charge is 0.269 e. The molecule has 0 aromatic heterocycles. The van der Waals surface area contributed by atoms with Gasteiger partial charge in [-0.1, -0.05) is 36.4 Å². The van der Waals surface area contributed by atoms with Crippen LogP contribution in [0.4, 0.5) is 5.69 Å². The van der Waals surface area contributed by atoms with Gasteiger partial charge in [-0.15, -0.1) is 0 Å². The van der Waals surface area contributed by atoms with Crippen LogP contribution in [0.15, 0.2) is 71.6 Å². The molecule has 3 aromatic carbocycles. The number of benzene rings is 3. The van der Waals surface area contributed by atoms with Crippen molar-refractivity contribution in [3.8, 4) is 0 Å². The monoisotopic (exact) mass is 371 g/mol. The van der Waals surface area contributed by atoms with Crippen molar-refractivity contribution in [2.45, 2.75) is 10.9 Å². The minimum Gasteiger partial charge on any atom is -0.329 e. The molecular weight excluding hydrogens is 354 g/mol. The Morgan fingerprint density at radius 1 is 1.00 bits per heavy atom. The molecule has 0 amide bonds. The second kappa shape index (κ2) is 7.20. The number of fused-ring (bicyclic) bond motifs is 1. The largest absolute Gasteiger partial charge is 0.329 e. The van der Waals surface area contributed by atoms with Gasteiger partial charge >= 0.3 is 0 Å². The third kappa shape index (κ3) is 3.72. The van der Waals surface area contributed by atoms with E-state index in [1.807, 2.05) is 42.5 Å². The van der Waals surface area contributed by atoms with Gasteiger partial charge in [0.25, 0.3) is 5.69 Å². The van der Waals surface area contributed by atoms with Crippen LogP contribution in [0.1, 0.15) is 11.6 Å². The third-order valence-electron chi connectivity index (χ3n) is 4.07. The average molecular weight is 371 g/mol. The summed E-state index contributed by atoms with van der Waals surface area (Å²) in [4.78, 5) is 10.1. The number of hydrogen-bond donors (Lipinski definition) is 2. The van der Waals surface area contributed by atoms with Crippen molar-refractivity contribution in [2.24, 2.45) is 5.73 Å². The summed E-state index contributed by atoms with van der Waals surface area (Å²) < 4.78 is 27.7. The molecule has 0 aliphatic heterocycles. The van der Waals surface area contributed by atoms with Gasteiger partial charge in [0.05, 0.1) is 15.9 Å². The van der Waals surface area contributed by atoms with E-state index < -0.39 is 21.0 Å². The molecule has 134 valence electrons. The summed E-state index contributed by atoms with van der Waals surface area (Å²) in [5, 5.41) is 12.7. The molecule has 7 nitrogen and oxygen atoms in total. The molecule has 0 fully saturated rings. The first-order chi connectivity index (χ1) is 12.4. The predicted molar refractivity (Wildman–Crippen MR) is 99.2 cm³/mol. The Balaban J connectivity index is 1.88. The summed E-state index contributed by atoms with van der Waals surface area (Å²) in [7, 11) is -3.87. The summed E-state index contributed by atoms with van der Waals surface area (Å²) in [5.74, 6) is 0. The van der Waals surface area contributed by atoms with E-state index in [1.54, 1.807) is 0 Å². The predicted octanol–water partition coefficient (Wildman–Crippen LogP) is 2.73. The van der Waals surface area contributed by atoms with Crippen molar-refractivity contribution in [2.75, 3.05) is 6.54 Å². The summed E-state index contributed by atoms with van der Waals surface area (Å²) in [6.07, 6.45) is 0. The van der Waals surface area contributed by atoms with Crippen LogP contribution in [-0.2, 0) is 10.0 Å². The maximum Gasteiger partial charge on any atom is 0.269 e. The summed E-state index contributed by atoms with van der Waals surface area (Å²) >= 11 is 0. The molecule has 0 saturated carbocycles. The molecule has 0 unspecified atom stereocenters. The Morgan fingerprint density at radius 2 is 1.65 bits per heavy atom. The molecular formula is C18H17N3O4S. The fourth-order valence-corrected chi connectivity index (χ4v) is 3.92. The molecule has 8 heteroatoms. The molecule has 3 aromatic rings. The van der Waals surface area contributed by atoms with Crippen molar-refractivity contribution in [3.05, 3.63) is 82.4 Å². The lowest BCUT2D eigenvalue weighted by molar-refractivity contribution is -0.384. The number of nitrogens with one attached hydrogen (secondary N) is 1. The Kier molecular flexibility index (Phi) is 4.99. The molecule has 0 spiro atoms.